The normalized spacial score (nSPS) is 11.2. The fourth-order valence-corrected chi connectivity index (χ4v) is 1.64. The lowest BCUT2D eigenvalue weighted by atomic mass is 10.2. The molecule has 0 spiro atoms. The quantitative estimate of drug-likeness (QED) is 0.768. The van der Waals surface area contributed by atoms with Crippen molar-refractivity contribution < 1.29 is 0 Å². The zero-order chi connectivity index (χ0) is 11.5. The van der Waals surface area contributed by atoms with Gasteiger partial charge in [-0.25, -0.2) is 9.97 Å². The standard InChI is InChI=1S/C13H15N3/c1-4-7-12-14-11-9-6-5-8-10(11)13(15-12)16(2)3/h4-9H,1-3H3. The first-order valence-electron chi connectivity index (χ1n) is 5.29. The highest BCUT2D eigenvalue weighted by Gasteiger charge is 2.06. The molecule has 2 rings (SSSR count). The summed E-state index contributed by atoms with van der Waals surface area (Å²) in [5.74, 6) is 1.71. The molecule has 3 nitrogen and oxygen atoms in total. The van der Waals surface area contributed by atoms with Crippen molar-refractivity contribution in [2.75, 3.05) is 19.0 Å². The Morgan fingerprint density at radius 1 is 1.12 bits per heavy atom. The first kappa shape index (κ1) is 10.6. The van der Waals surface area contributed by atoms with E-state index in [1.807, 2.05) is 62.3 Å². The zero-order valence-corrected chi connectivity index (χ0v) is 9.81. The Kier molecular flexibility index (Phi) is 2.86. The number of nitrogens with zero attached hydrogens (tertiary/aromatic N) is 3. The van der Waals surface area contributed by atoms with Gasteiger partial charge in [-0.1, -0.05) is 18.2 Å². The second kappa shape index (κ2) is 4.31. The molecule has 0 bridgehead atoms. The largest absolute Gasteiger partial charge is 0.362 e. The number of anilines is 1. The Morgan fingerprint density at radius 3 is 2.56 bits per heavy atom. The molecule has 0 amide bonds. The first-order chi connectivity index (χ1) is 7.72. The van der Waals surface area contributed by atoms with Crippen molar-refractivity contribution in [3.05, 3.63) is 36.2 Å². The zero-order valence-electron chi connectivity index (χ0n) is 9.81. The lowest BCUT2D eigenvalue weighted by Crippen LogP contribution is -2.12. The summed E-state index contributed by atoms with van der Waals surface area (Å²) in [6.45, 7) is 1.97. The minimum atomic E-state index is 0.755. The van der Waals surface area contributed by atoms with Crippen LogP contribution in [0.2, 0.25) is 0 Å². The maximum atomic E-state index is 4.52. The molecule has 0 saturated carbocycles. The van der Waals surface area contributed by atoms with E-state index in [0.717, 1.165) is 22.5 Å². The molecule has 16 heavy (non-hydrogen) atoms. The summed E-state index contributed by atoms with van der Waals surface area (Å²) in [6, 6.07) is 8.06. The average Bonchev–Trinajstić information content (AvgIpc) is 2.28. The topological polar surface area (TPSA) is 29.0 Å². The molecule has 0 radical (unpaired) electrons. The van der Waals surface area contributed by atoms with E-state index >= 15 is 0 Å². The van der Waals surface area contributed by atoms with Crippen molar-refractivity contribution in [1.29, 1.82) is 0 Å². The minimum absolute atomic E-state index is 0.755. The van der Waals surface area contributed by atoms with Gasteiger partial charge >= 0.3 is 0 Å². The van der Waals surface area contributed by atoms with Gasteiger partial charge in [0.2, 0.25) is 0 Å². The average molecular weight is 213 g/mol. The third kappa shape index (κ3) is 1.89. The summed E-state index contributed by atoms with van der Waals surface area (Å²) in [7, 11) is 3.99. The second-order valence-corrected chi connectivity index (χ2v) is 3.82. The maximum Gasteiger partial charge on any atom is 0.154 e. The fourth-order valence-electron chi connectivity index (χ4n) is 1.64. The van der Waals surface area contributed by atoms with Gasteiger partial charge in [0.1, 0.15) is 5.82 Å². The molecule has 0 fully saturated rings. The molecule has 0 aliphatic carbocycles. The van der Waals surface area contributed by atoms with E-state index in [2.05, 4.69) is 9.97 Å². The predicted octanol–water partition coefficient (Wildman–Crippen LogP) is 2.73. The van der Waals surface area contributed by atoms with Crippen LogP contribution in [0, 0.1) is 0 Å². The Hall–Kier alpha value is -1.90. The summed E-state index contributed by atoms with van der Waals surface area (Å²) < 4.78 is 0. The molecular formula is C13H15N3. The Morgan fingerprint density at radius 2 is 1.88 bits per heavy atom. The number of allylic oxidation sites excluding steroid dienone is 1. The molecule has 0 aliphatic rings. The van der Waals surface area contributed by atoms with Crippen LogP contribution in [0.1, 0.15) is 12.7 Å². The Labute approximate surface area is 95.4 Å². The van der Waals surface area contributed by atoms with Crippen molar-refractivity contribution >= 4 is 22.8 Å². The van der Waals surface area contributed by atoms with E-state index in [1.165, 1.54) is 0 Å². The molecule has 0 N–H and O–H groups in total. The summed E-state index contributed by atoms with van der Waals surface area (Å²) >= 11 is 0. The van der Waals surface area contributed by atoms with Crippen molar-refractivity contribution in [3.8, 4) is 0 Å². The van der Waals surface area contributed by atoms with Crippen LogP contribution in [0.4, 0.5) is 5.82 Å². The Bertz CT molecular complexity index is 530. The van der Waals surface area contributed by atoms with E-state index in [9.17, 15) is 0 Å². The van der Waals surface area contributed by atoms with Gasteiger partial charge in [-0.3, -0.25) is 0 Å². The van der Waals surface area contributed by atoms with E-state index in [1.54, 1.807) is 0 Å². The number of rotatable bonds is 2. The number of aromatic nitrogens is 2. The lowest BCUT2D eigenvalue weighted by molar-refractivity contribution is 1.05. The maximum absolute atomic E-state index is 4.52. The Balaban J connectivity index is 2.73. The van der Waals surface area contributed by atoms with E-state index in [0.29, 0.717) is 0 Å². The smallest absolute Gasteiger partial charge is 0.154 e. The van der Waals surface area contributed by atoms with Crippen LogP contribution in [0.15, 0.2) is 30.3 Å². The number of hydrogen-bond acceptors (Lipinski definition) is 3. The van der Waals surface area contributed by atoms with Crippen LogP contribution in [0.25, 0.3) is 17.0 Å². The third-order valence-electron chi connectivity index (χ3n) is 2.34. The van der Waals surface area contributed by atoms with Crippen LogP contribution in [-0.2, 0) is 0 Å². The third-order valence-corrected chi connectivity index (χ3v) is 2.34. The second-order valence-electron chi connectivity index (χ2n) is 3.82. The van der Waals surface area contributed by atoms with Gasteiger partial charge in [-0.2, -0.15) is 0 Å². The number of para-hydroxylation sites is 1. The van der Waals surface area contributed by atoms with Crippen molar-refractivity contribution in [2.24, 2.45) is 0 Å². The molecule has 0 atom stereocenters. The number of benzene rings is 1. The van der Waals surface area contributed by atoms with Crippen LogP contribution in [0.3, 0.4) is 0 Å². The van der Waals surface area contributed by atoms with Crippen LogP contribution < -0.4 is 4.90 Å². The molecule has 1 aromatic carbocycles. The van der Waals surface area contributed by atoms with Crippen molar-refractivity contribution in [1.82, 2.24) is 9.97 Å². The van der Waals surface area contributed by atoms with Gasteiger partial charge in [-0.05, 0) is 25.1 Å². The SMILES string of the molecule is CC=Cc1nc(N(C)C)c2ccccc2n1. The number of fused-ring (bicyclic) bond motifs is 1. The summed E-state index contributed by atoms with van der Waals surface area (Å²) in [6.07, 6.45) is 3.86. The summed E-state index contributed by atoms with van der Waals surface area (Å²) in [5.41, 5.74) is 0.981. The van der Waals surface area contributed by atoms with E-state index in [4.69, 9.17) is 0 Å². The molecule has 2 aromatic rings. The minimum Gasteiger partial charge on any atom is -0.362 e. The number of hydrogen-bond donors (Lipinski definition) is 0. The lowest BCUT2D eigenvalue weighted by Gasteiger charge is -2.14. The van der Waals surface area contributed by atoms with Crippen LogP contribution >= 0.6 is 0 Å². The molecule has 3 heteroatoms. The van der Waals surface area contributed by atoms with Gasteiger partial charge in [0.05, 0.1) is 5.52 Å². The van der Waals surface area contributed by atoms with Crippen molar-refractivity contribution in [2.45, 2.75) is 6.92 Å². The highest BCUT2D eigenvalue weighted by atomic mass is 15.1. The molecule has 1 aromatic heterocycles. The van der Waals surface area contributed by atoms with Gasteiger partial charge in [0.15, 0.2) is 5.82 Å². The molecule has 0 saturated heterocycles. The van der Waals surface area contributed by atoms with Crippen molar-refractivity contribution in [3.63, 3.8) is 0 Å². The monoisotopic (exact) mass is 213 g/mol. The molecule has 1 heterocycles. The first-order valence-corrected chi connectivity index (χ1v) is 5.29. The van der Waals surface area contributed by atoms with Crippen LogP contribution in [-0.4, -0.2) is 24.1 Å². The van der Waals surface area contributed by atoms with Crippen LogP contribution in [0.5, 0.6) is 0 Å². The molecular weight excluding hydrogens is 198 g/mol. The molecule has 0 aliphatic heterocycles. The van der Waals surface area contributed by atoms with Gasteiger partial charge in [-0.15, -0.1) is 0 Å². The van der Waals surface area contributed by atoms with Gasteiger partial charge in [0.25, 0.3) is 0 Å². The summed E-state index contributed by atoms with van der Waals surface area (Å²) in [4.78, 5) is 11.0. The highest BCUT2D eigenvalue weighted by Crippen LogP contribution is 2.22. The van der Waals surface area contributed by atoms with Gasteiger partial charge < -0.3 is 4.90 Å². The fraction of sp³-hybridized carbons (Fsp3) is 0.231. The van der Waals surface area contributed by atoms with E-state index < -0.39 is 0 Å². The van der Waals surface area contributed by atoms with Gasteiger partial charge in [0, 0.05) is 19.5 Å². The molecule has 82 valence electrons. The molecule has 0 unspecified atom stereocenters. The predicted molar refractivity (Wildman–Crippen MR) is 68.6 cm³/mol. The summed E-state index contributed by atoms with van der Waals surface area (Å²) in [5, 5.41) is 1.08. The highest BCUT2D eigenvalue weighted by molar-refractivity contribution is 5.89. The van der Waals surface area contributed by atoms with E-state index in [-0.39, 0.29) is 0 Å².